The third-order valence-electron chi connectivity index (χ3n) is 3.25. The van der Waals surface area contributed by atoms with Crippen LogP contribution in [0.3, 0.4) is 0 Å². The topological polar surface area (TPSA) is 73.3 Å². The van der Waals surface area contributed by atoms with Crippen LogP contribution in [-0.4, -0.2) is 33.3 Å². The second kappa shape index (κ2) is 5.54. The Bertz CT molecular complexity index is 526. The lowest BCUT2D eigenvalue weighted by atomic mass is 10.0. The van der Waals surface area contributed by atoms with Gasteiger partial charge in [0, 0.05) is 29.7 Å². The predicted octanol–water partition coefficient (Wildman–Crippen LogP) is 0.520. The minimum atomic E-state index is -0.492. The molecule has 18 heavy (non-hydrogen) atoms. The molecule has 6 nitrogen and oxygen atoms in total. The van der Waals surface area contributed by atoms with Crippen LogP contribution < -0.4 is 11.2 Å². The maximum absolute atomic E-state index is 11.8. The number of nitrogens with one attached hydrogen (secondary N) is 1. The summed E-state index contributed by atoms with van der Waals surface area (Å²) in [5.41, 5.74) is -0.891. The van der Waals surface area contributed by atoms with E-state index in [-0.39, 0.29) is 18.1 Å². The molecule has 0 aromatic carbocycles. The number of methoxy groups -OCH3 is 1. The molecule has 0 bridgehead atoms. The Hall–Kier alpha value is -0.670. The number of nitrogens with zero attached hydrogens (tertiary/aromatic N) is 1. The Balaban J connectivity index is 2.38. The average Bonchev–Trinajstić information content (AvgIpc) is 2.65. The highest BCUT2D eigenvalue weighted by Gasteiger charge is 2.42. The summed E-state index contributed by atoms with van der Waals surface area (Å²) in [6, 6.07) is 1.31. The minimum Gasteiger partial charge on any atom is -0.376 e. The molecule has 1 fully saturated rings. The molecule has 1 aliphatic heterocycles. The number of alkyl halides is 1. The van der Waals surface area contributed by atoms with Gasteiger partial charge in [-0.1, -0.05) is 29.5 Å². The fraction of sp³-hybridized carbons (Fsp3) is 0.636. The monoisotopic (exact) mass is 366 g/mol. The van der Waals surface area contributed by atoms with Gasteiger partial charge in [-0.3, -0.25) is 14.3 Å². The molecule has 2 heterocycles. The van der Waals surface area contributed by atoms with Crippen LogP contribution in [0.15, 0.2) is 21.9 Å². The number of hydrogen-bond acceptors (Lipinski definition) is 4. The Kier molecular flexibility index (Phi) is 4.23. The lowest BCUT2D eigenvalue weighted by Crippen LogP contribution is -2.36. The largest absolute Gasteiger partial charge is 0.376 e. The van der Waals surface area contributed by atoms with Crippen molar-refractivity contribution < 1.29 is 9.47 Å². The molecule has 1 saturated heterocycles. The number of aromatic nitrogens is 2. The van der Waals surface area contributed by atoms with Gasteiger partial charge in [0.1, 0.15) is 6.10 Å². The summed E-state index contributed by atoms with van der Waals surface area (Å²) < 4.78 is 13.5. The first-order valence-corrected chi connectivity index (χ1v) is 7.16. The van der Waals surface area contributed by atoms with Crippen LogP contribution in [0.2, 0.25) is 0 Å². The van der Waals surface area contributed by atoms with E-state index >= 15 is 0 Å². The number of H-pyrrole nitrogens is 1. The van der Waals surface area contributed by atoms with E-state index in [4.69, 9.17) is 9.47 Å². The van der Waals surface area contributed by atoms with Crippen LogP contribution in [0, 0.1) is 5.92 Å². The van der Waals surface area contributed by atoms with Crippen LogP contribution in [0.5, 0.6) is 0 Å². The Morgan fingerprint density at radius 2 is 2.28 bits per heavy atom. The molecular weight excluding hydrogens is 351 g/mol. The van der Waals surface area contributed by atoms with Crippen LogP contribution in [0.1, 0.15) is 13.2 Å². The molecule has 0 aliphatic carbocycles. The molecule has 0 saturated carbocycles. The van der Waals surface area contributed by atoms with E-state index in [1.165, 1.54) is 16.8 Å². The van der Waals surface area contributed by atoms with Gasteiger partial charge >= 0.3 is 5.69 Å². The second-order valence-corrected chi connectivity index (χ2v) is 5.18. The summed E-state index contributed by atoms with van der Waals surface area (Å²) in [6.45, 7) is 2.04. The third-order valence-corrected chi connectivity index (χ3v) is 4.12. The number of rotatable bonds is 3. The first-order valence-electron chi connectivity index (χ1n) is 5.64. The maximum Gasteiger partial charge on any atom is 0.330 e. The molecule has 1 N–H and O–H groups in total. The Morgan fingerprint density at radius 1 is 1.56 bits per heavy atom. The van der Waals surface area contributed by atoms with Gasteiger partial charge in [-0.15, -0.1) is 0 Å². The highest BCUT2D eigenvalue weighted by Crippen LogP contribution is 2.35. The zero-order valence-corrected chi connectivity index (χ0v) is 12.3. The zero-order valence-electron chi connectivity index (χ0n) is 10.1. The van der Waals surface area contributed by atoms with Gasteiger partial charge in [0.2, 0.25) is 0 Å². The summed E-state index contributed by atoms with van der Waals surface area (Å²) in [5.74, 6) is 0.190. The van der Waals surface area contributed by atoms with Crippen molar-refractivity contribution in [1.29, 1.82) is 0 Å². The lowest BCUT2D eigenvalue weighted by Gasteiger charge is -2.20. The highest BCUT2D eigenvalue weighted by atomic mass is 127. The van der Waals surface area contributed by atoms with Gasteiger partial charge < -0.3 is 9.47 Å². The van der Waals surface area contributed by atoms with Gasteiger partial charge in [-0.25, -0.2) is 4.79 Å². The number of halogens is 1. The van der Waals surface area contributed by atoms with Gasteiger partial charge in [0.05, 0.1) is 6.10 Å². The molecule has 0 unspecified atom stereocenters. The van der Waals surface area contributed by atoms with E-state index in [1.54, 1.807) is 7.11 Å². The van der Waals surface area contributed by atoms with Crippen LogP contribution in [-0.2, 0) is 9.47 Å². The molecule has 1 aromatic rings. The summed E-state index contributed by atoms with van der Waals surface area (Å²) in [5, 5.41) is 0. The number of hydrogen-bond donors (Lipinski definition) is 1. The molecule has 1 aromatic heterocycles. The summed E-state index contributed by atoms with van der Waals surface area (Å²) in [7, 11) is 1.60. The van der Waals surface area contributed by atoms with Crippen molar-refractivity contribution in [3.63, 3.8) is 0 Å². The Labute approximate surface area is 117 Å². The fourth-order valence-corrected chi connectivity index (χ4v) is 3.22. The summed E-state index contributed by atoms with van der Waals surface area (Å²) in [4.78, 5) is 25.0. The van der Waals surface area contributed by atoms with Crippen LogP contribution >= 0.6 is 22.6 Å². The average molecular weight is 366 g/mol. The van der Waals surface area contributed by atoms with Crippen molar-refractivity contribution in [3.8, 4) is 0 Å². The van der Waals surface area contributed by atoms with E-state index in [9.17, 15) is 9.59 Å². The summed E-state index contributed by atoms with van der Waals surface area (Å²) in [6.07, 6.45) is 0.794. The number of ether oxygens (including phenoxy) is 2. The van der Waals surface area contributed by atoms with Crippen molar-refractivity contribution >= 4 is 22.6 Å². The van der Waals surface area contributed by atoms with Crippen molar-refractivity contribution in [3.05, 3.63) is 33.1 Å². The van der Waals surface area contributed by atoms with E-state index in [1.807, 2.05) is 6.92 Å². The van der Waals surface area contributed by atoms with E-state index in [0.717, 1.165) is 4.43 Å². The molecule has 0 amide bonds. The van der Waals surface area contributed by atoms with Gasteiger partial charge in [0.15, 0.2) is 6.23 Å². The van der Waals surface area contributed by atoms with Gasteiger partial charge in [-0.05, 0) is 0 Å². The maximum atomic E-state index is 11.8. The van der Waals surface area contributed by atoms with Gasteiger partial charge in [-0.2, -0.15) is 0 Å². The van der Waals surface area contributed by atoms with Crippen molar-refractivity contribution in [2.24, 2.45) is 5.92 Å². The predicted molar refractivity (Wildman–Crippen MR) is 74.1 cm³/mol. The molecule has 0 spiro atoms. The minimum absolute atomic E-state index is 0.0411. The van der Waals surface area contributed by atoms with Gasteiger partial charge in [0.25, 0.3) is 5.56 Å². The molecule has 2 rings (SSSR count). The molecule has 0 radical (unpaired) electrons. The van der Waals surface area contributed by atoms with Crippen LogP contribution in [0.25, 0.3) is 0 Å². The molecule has 7 heteroatoms. The smallest absolute Gasteiger partial charge is 0.330 e. The van der Waals surface area contributed by atoms with Crippen molar-refractivity contribution in [2.45, 2.75) is 25.4 Å². The standard InChI is InChI=1S/C11H15IN2O4/c1-6-7(5-12)18-10(9(6)17-2)14-4-3-8(15)13-11(14)16/h3-4,6-7,9-10H,5H2,1-2H3,(H,13,15,16)/t6-,7-,9-,10-/m1/s1. The van der Waals surface area contributed by atoms with Crippen molar-refractivity contribution in [1.82, 2.24) is 9.55 Å². The van der Waals surface area contributed by atoms with E-state index < -0.39 is 17.5 Å². The molecule has 100 valence electrons. The third kappa shape index (κ3) is 2.39. The molecular formula is C11H15IN2O4. The van der Waals surface area contributed by atoms with E-state index in [2.05, 4.69) is 27.6 Å². The van der Waals surface area contributed by atoms with Crippen LogP contribution in [0.4, 0.5) is 0 Å². The zero-order chi connectivity index (χ0) is 13.3. The fourth-order valence-electron chi connectivity index (χ4n) is 2.21. The first-order chi connectivity index (χ1) is 8.58. The van der Waals surface area contributed by atoms with Crippen molar-refractivity contribution in [2.75, 3.05) is 11.5 Å². The normalized spacial score (nSPS) is 31.7. The highest BCUT2D eigenvalue weighted by molar-refractivity contribution is 14.1. The molecule has 4 atom stereocenters. The summed E-state index contributed by atoms with van der Waals surface area (Å²) >= 11 is 2.25. The lowest BCUT2D eigenvalue weighted by molar-refractivity contribution is -0.0477. The Morgan fingerprint density at radius 3 is 2.83 bits per heavy atom. The van der Waals surface area contributed by atoms with E-state index in [0.29, 0.717) is 0 Å². The number of aromatic amines is 1. The second-order valence-electron chi connectivity index (χ2n) is 4.30. The first kappa shape index (κ1) is 13.8. The SMILES string of the molecule is CO[C@@H]1[C@H](C)[C@@H](CI)O[C@H]1n1ccc(=O)[nH]c1=O. The molecule has 1 aliphatic rings. The quantitative estimate of drug-likeness (QED) is 0.626.